The van der Waals surface area contributed by atoms with Gasteiger partial charge in [-0.05, 0) is 56.8 Å². The zero-order valence-corrected chi connectivity index (χ0v) is 16.1. The van der Waals surface area contributed by atoms with Crippen molar-refractivity contribution >= 4 is 34.8 Å². The number of carbonyl (C=O) groups excluding carboxylic acids is 1. The predicted molar refractivity (Wildman–Crippen MR) is 104 cm³/mol. The van der Waals surface area contributed by atoms with Crippen LogP contribution in [0, 0.1) is 0 Å². The van der Waals surface area contributed by atoms with Gasteiger partial charge in [0.25, 0.3) is 0 Å². The summed E-state index contributed by atoms with van der Waals surface area (Å²) >= 11 is 12.1. The van der Waals surface area contributed by atoms with Gasteiger partial charge < -0.3 is 10.1 Å². The molecule has 6 heteroatoms. The first-order valence-electron chi connectivity index (χ1n) is 8.08. The second-order valence-electron chi connectivity index (χ2n) is 5.79. The Morgan fingerprint density at radius 2 is 1.84 bits per heavy atom. The van der Waals surface area contributed by atoms with Crippen LogP contribution in [0.15, 0.2) is 42.5 Å². The molecule has 0 aliphatic heterocycles. The van der Waals surface area contributed by atoms with Crippen LogP contribution >= 0.6 is 23.2 Å². The number of benzene rings is 2. The summed E-state index contributed by atoms with van der Waals surface area (Å²) in [4.78, 5) is 14.5. The highest BCUT2D eigenvalue weighted by atomic mass is 35.5. The third kappa shape index (κ3) is 5.63. The van der Waals surface area contributed by atoms with Gasteiger partial charge in [0.15, 0.2) is 0 Å². The molecule has 1 unspecified atom stereocenters. The summed E-state index contributed by atoms with van der Waals surface area (Å²) in [6.45, 7) is 4.86. The molecule has 2 aromatic carbocycles. The summed E-state index contributed by atoms with van der Waals surface area (Å²) in [5, 5.41) is 4.09. The second-order valence-corrected chi connectivity index (χ2v) is 6.66. The molecule has 25 heavy (non-hydrogen) atoms. The van der Waals surface area contributed by atoms with Crippen molar-refractivity contribution < 1.29 is 9.53 Å². The van der Waals surface area contributed by atoms with E-state index in [0.29, 0.717) is 34.6 Å². The first-order valence-corrected chi connectivity index (χ1v) is 8.84. The largest absolute Gasteiger partial charge is 0.492 e. The van der Waals surface area contributed by atoms with Crippen LogP contribution in [0.5, 0.6) is 5.75 Å². The standard InChI is InChI=1S/C19H22Cl2N2O2/c1-4-25-18-8-6-5-7-17(18)22-19(24)13(2)23(3)12-14-9-15(20)11-16(21)10-14/h5-11,13H,4,12H2,1-3H3,(H,22,24). The van der Waals surface area contributed by atoms with Crippen LogP contribution in [0.25, 0.3) is 0 Å². The van der Waals surface area contributed by atoms with Crippen molar-refractivity contribution in [3.05, 3.63) is 58.1 Å². The molecule has 1 N–H and O–H groups in total. The summed E-state index contributed by atoms with van der Waals surface area (Å²) in [5.41, 5.74) is 1.62. The van der Waals surface area contributed by atoms with E-state index in [-0.39, 0.29) is 11.9 Å². The lowest BCUT2D eigenvalue weighted by Gasteiger charge is -2.24. The number of rotatable bonds is 7. The number of para-hydroxylation sites is 2. The Bertz CT molecular complexity index is 717. The van der Waals surface area contributed by atoms with Crippen molar-refractivity contribution in [1.29, 1.82) is 0 Å². The number of carbonyl (C=O) groups is 1. The Labute approximate surface area is 158 Å². The molecule has 4 nitrogen and oxygen atoms in total. The topological polar surface area (TPSA) is 41.6 Å². The van der Waals surface area contributed by atoms with Gasteiger partial charge in [-0.1, -0.05) is 35.3 Å². The van der Waals surface area contributed by atoms with Crippen LogP contribution < -0.4 is 10.1 Å². The van der Waals surface area contributed by atoms with Gasteiger partial charge >= 0.3 is 0 Å². The van der Waals surface area contributed by atoms with Gasteiger partial charge in [0.05, 0.1) is 18.3 Å². The van der Waals surface area contributed by atoms with Crippen molar-refractivity contribution in [3.63, 3.8) is 0 Å². The lowest BCUT2D eigenvalue weighted by atomic mass is 10.2. The molecule has 1 amide bonds. The number of ether oxygens (including phenoxy) is 1. The van der Waals surface area contributed by atoms with Crippen LogP contribution in [0.2, 0.25) is 10.0 Å². The van der Waals surface area contributed by atoms with Crippen molar-refractivity contribution in [3.8, 4) is 5.75 Å². The van der Waals surface area contributed by atoms with Crippen molar-refractivity contribution in [2.45, 2.75) is 26.4 Å². The minimum absolute atomic E-state index is 0.109. The third-order valence-electron chi connectivity index (χ3n) is 3.84. The Kier molecular flexibility index (Phi) is 7.12. The highest BCUT2D eigenvalue weighted by molar-refractivity contribution is 6.34. The molecule has 0 saturated heterocycles. The van der Waals surface area contributed by atoms with Gasteiger partial charge in [-0.15, -0.1) is 0 Å². The molecule has 0 bridgehead atoms. The normalized spacial score (nSPS) is 12.1. The van der Waals surface area contributed by atoms with Gasteiger partial charge in [0.2, 0.25) is 5.91 Å². The number of likely N-dealkylation sites (N-methyl/N-ethyl adjacent to an activating group) is 1. The Balaban J connectivity index is 2.04. The first-order chi connectivity index (χ1) is 11.9. The third-order valence-corrected chi connectivity index (χ3v) is 4.28. The maximum absolute atomic E-state index is 12.6. The second kappa shape index (κ2) is 9.09. The predicted octanol–water partition coefficient (Wildman–Crippen LogP) is 4.85. The molecule has 134 valence electrons. The van der Waals surface area contributed by atoms with Crippen molar-refractivity contribution in [2.75, 3.05) is 19.0 Å². The van der Waals surface area contributed by atoms with Crippen LogP contribution in [-0.2, 0) is 11.3 Å². The Morgan fingerprint density at radius 3 is 2.48 bits per heavy atom. The molecule has 2 aromatic rings. The number of nitrogens with one attached hydrogen (secondary N) is 1. The van der Waals surface area contributed by atoms with E-state index in [1.54, 1.807) is 6.07 Å². The molecule has 0 aromatic heterocycles. The Hall–Kier alpha value is -1.75. The van der Waals surface area contributed by atoms with Crippen LogP contribution in [0.1, 0.15) is 19.4 Å². The maximum Gasteiger partial charge on any atom is 0.241 e. The number of nitrogens with zero attached hydrogens (tertiary/aromatic N) is 1. The maximum atomic E-state index is 12.6. The number of amides is 1. The monoisotopic (exact) mass is 380 g/mol. The van der Waals surface area contributed by atoms with Crippen molar-refractivity contribution in [1.82, 2.24) is 4.90 Å². The quantitative estimate of drug-likeness (QED) is 0.746. The zero-order chi connectivity index (χ0) is 18.4. The number of anilines is 1. The smallest absolute Gasteiger partial charge is 0.241 e. The molecule has 0 fully saturated rings. The van der Waals surface area contributed by atoms with Crippen LogP contribution in [0.3, 0.4) is 0 Å². The number of hydrogen-bond donors (Lipinski definition) is 1. The minimum atomic E-state index is -0.340. The zero-order valence-electron chi connectivity index (χ0n) is 14.6. The highest BCUT2D eigenvalue weighted by Gasteiger charge is 2.19. The van der Waals surface area contributed by atoms with Gasteiger partial charge in [-0.2, -0.15) is 0 Å². The molecule has 0 aliphatic carbocycles. The lowest BCUT2D eigenvalue weighted by molar-refractivity contribution is -0.120. The fourth-order valence-corrected chi connectivity index (χ4v) is 2.99. The summed E-state index contributed by atoms with van der Waals surface area (Å²) < 4.78 is 5.54. The fraction of sp³-hybridized carbons (Fsp3) is 0.316. The fourth-order valence-electron chi connectivity index (χ4n) is 2.42. The van der Waals surface area contributed by atoms with Gasteiger partial charge in [0.1, 0.15) is 5.75 Å². The molecule has 0 heterocycles. The number of hydrogen-bond acceptors (Lipinski definition) is 3. The number of halogens is 2. The summed E-state index contributed by atoms with van der Waals surface area (Å²) in [5.74, 6) is 0.553. The molecule has 2 rings (SSSR count). The first kappa shape index (κ1) is 19.6. The van der Waals surface area contributed by atoms with Crippen LogP contribution in [-0.4, -0.2) is 30.5 Å². The molecular weight excluding hydrogens is 359 g/mol. The van der Waals surface area contributed by atoms with Gasteiger partial charge in [-0.25, -0.2) is 0 Å². The molecule has 0 aliphatic rings. The molecule has 0 spiro atoms. The molecule has 1 atom stereocenters. The summed E-state index contributed by atoms with van der Waals surface area (Å²) in [6, 6.07) is 12.4. The van der Waals surface area contributed by atoms with E-state index < -0.39 is 0 Å². The lowest BCUT2D eigenvalue weighted by Crippen LogP contribution is -2.39. The molecule has 0 radical (unpaired) electrons. The average Bonchev–Trinajstić information content (AvgIpc) is 2.55. The van der Waals surface area contributed by atoms with E-state index in [1.165, 1.54) is 0 Å². The van der Waals surface area contributed by atoms with Crippen molar-refractivity contribution in [2.24, 2.45) is 0 Å². The van der Waals surface area contributed by atoms with E-state index >= 15 is 0 Å². The van der Waals surface area contributed by atoms with E-state index in [2.05, 4.69) is 5.32 Å². The summed E-state index contributed by atoms with van der Waals surface area (Å²) in [6.07, 6.45) is 0. The SMILES string of the molecule is CCOc1ccccc1NC(=O)C(C)N(C)Cc1cc(Cl)cc(Cl)c1. The average molecular weight is 381 g/mol. The highest BCUT2D eigenvalue weighted by Crippen LogP contribution is 2.24. The van der Waals surface area contributed by atoms with Gasteiger partial charge in [-0.3, -0.25) is 9.69 Å². The van der Waals surface area contributed by atoms with Gasteiger partial charge in [0, 0.05) is 16.6 Å². The van der Waals surface area contributed by atoms with E-state index in [4.69, 9.17) is 27.9 Å². The Morgan fingerprint density at radius 1 is 1.20 bits per heavy atom. The molecule has 0 saturated carbocycles. The minimum Gasteiger partial charge on any atom is -0.492 e. The summed E-state index contributed by atoms with van der Waals surface area (Å²) in [7, 11) is 1.88. The molecular formula is C19H22Cl2N2O2. The van der Waals surface area contributed by atoms with E-state index in [9.17, 15) is 4.79 Å². The van der Waals surface area contributed by atoms with Crippen LogP contribution in [0.4, 0.5) is 5.69 Å². The van der Waals surface area contributed by atoms with E-state index in [1.807, 2.05) is 62.2 Å². The van der Waals surface area contributed by atoms with E-state index in [0.717, 1.165) is 5.56 Å².